The summed E-state index contributed by atoms with van der Waals surface area (Å²) in [6.45, 7) is 5.93. The molecule has 2 atom stereocenters. The van der Waals surface area contributed by atoms with Crippen LogP contribution in [0.25, 0.3) is 0 Å². The Kier molecular flexibility index (Phi) is 6.05. The fraction of sp³-hybridized carbons (Fsp3) is 0.786. The molecule has 1 aliphatic heterocycles. The lowest BCUT2D eigenvalue weighted by Crippen LogP contribution is -2.19. The number of primary amides is 1. The summed E-state index contributed by atoms with van der Waals surface area (Å²) in [4.78, 5) is 11.0. The number of rotatable bonds is 8. The van der Waals surface area contributed by atoms with Gasteiger partial charge in [-0.05, 0) is 19.3 Å². The van der Waals surface area contributed by atoms with Crippen LogP contribution in [-0.4, -0.2) is 38.6 Å². The summed E-state index contributed by atoms with van der Waals surface area (Å²) >= 11 is 1.73. The lowest BCUT2D eigenvalue weighted by molar-refractivity contribution is -0.118. The summed E-state index contributed by atoms with van der Waals surface area (Å²) in [7, 11) is 0. The van der Waals surface area contributed by atoms with Gasteiger partial charge in [0.15, 0.2) is 5.16 Å². The van der Waals surface area contributed by atoms with Gasteiger partial charge in [0.05, 0.1) is 12.6 Å². The molecule has 0 aromatic carbocycles. The van der Waals surface area contributed by atoms with Crippen LogP contribution in [-0.2, 0) is 22.5 Å². The summed E-state index contributed by atoms with van der Waals surface area (Å²) in [6, 6.07) is 0. The molecule has 1 fully saturated rings. The monoisotopic (exact) mass is 312 g/mol. The van der Waals surface area contributed by atoms with Crippen LogP contribution in [0.1, 0.15) is 45.4 Å². The molecule has 0 aliphatic carbocycles. The molecule has 118 valence electrons. The number of hydrogen-bond donors (Lipinski definition) is 1. The topological polar surface area (TPSA) is 83.0 Å². The molecular weight excluding hydrogens is 288 g/mol. The Bertz CT molecular complexity index is 472. The minimum Gasteiger partial charge on any atom is -0.376 e. The highest BCUT2D eigenvalue weighted by atomic mass is 32.2. The lowest BCUT2D eigenvalue weighted by Gasteiger charge is -2.15. The Morgan fingerprint density at radius 1 is 1.57 bits per heavy atom. The summed E-state index contributed by atoms with van der Waals surface area (Å²) in [5.74, 6) is 0.521. The van der Waals surface area contributed by atoms with E-state index in [2.05, 4.69) is 28.6 Å². The van der Waals surface area contributed by atoms with Gasteiger partial charge in [0.2, 0.25) is 5.91 Å². The fourth-order valence-corrected chi connectivity index (χ4v) is 3.19. The van der Waals surface area contributed by atoms with E-state index in [1.807, 2.05) is 0 Å². The van der Waals surface area contributed by atoms with Crippen LogP contribution in [0.2, 0.25) is 0 Å². The summed E-state index contributed by atoms with van der Waals surface area (Å²) in [5.41, 5.74) is 5.24. The summed E-state index contributed by atoms with van der Waals surface area (Å²) < 4.78 is 7.82. The van der Waals surface area contributed by atoms with E-state index < -0.39 is 0 Å². The molecule has 1 aromatic heterocycles. The first-order chi connectivity index (χ1) is 10.1. The number of amides is 1. The molecule has 0 bridgehead atoms. The van der Waals surface area contributed by atoms with E-state index in [9.17, 15) is 4.79 Å². The largest absolute Gasteiger partial charge is 0.376 e. The summed E-state index contributed by atoms with van der Waals surface area (Å²) in [5, 5.41) is 9.94. The maximum Gasteiger partial charge on any atom is 0.217 e. The number of nitrogens with zero attached hydrogens (tertiary/aromatic N) is 3. The Morgan fingerprint density at radius 2 is 2.38 bits per heavy atom. The molecule has 1 aliphatic rings. The fourth-order valence-electron chi connectivity index (χ4n) is 2.26. The van der Waals surface area contributed by atoms with Crippen molar-refractivity contribution in [2.75, 3.05) is 6.61 Å². The molecule has 0 saturated carbocycles. The summed E-state index contributed by atoms with van der Waals surface area (Å²) in [6.07, 6.45) is 4.32. The zero-order chi connectivity index (χ0) is 15.2. The second-order valence-electron chi connectivity index (χ2n) is 5.45. The number of aryl methyl sites for hydroxylation is 1. The van der Waals surface area contributed by atoms with Crippen LogP contribution in [0.15, 0.2) is 5.16 Å². The van der Waals surface area contributed by atoms with Crippen LogP contribution >= 0.6 is 11.8 Å². The van der Waals surface area contributed by atoms with Gasteiger partial charge in [-0.3, -0.25) is 4.79 Å². The molecular formula is C14H24N4O2S. The van der Waals surface area contributed by atoms with E-state index in [1.165, 1.54) is 0 Å². The van der Waals surface area contributed by atoms with Crippen LogP contribution < -0.4 is 5.73 Å². The maximum atomic E-state index is 11.0. The van der Waals surface area contributed by atoms with Gasteiger partial charge in [-0.15, -0.1) is 10.2 Å². The van der Waals surface area contributed by atoms with Gasteiger partial charge in [-0.1, -0.05) is 25.6 Å². The first-order valence-electron chi connectivity index (χ1n) is 7.58. The normalized spacial score (nSPS) is 19.8. The van der Waals surface area contributed by atoms with E-state index in [-0.39, 0.29) is 12.0 Å². The van der Waals surface area contributed by atoms with Crippen molar-refractivity contribution in [3.05, 3.63) is 5.82 Å². The van der Waals surface area contributed by atoms with Crippen molar-refractivity contribution in [1.82, 2.24) is 14.8 Å². The zero-order valence-electron chi connectivity index (χ0n) is 12.7. The van der Waals surface area contributed by atoms with Gasteiger partial charge in [-0.25, -0.2) is 0 Å². The van der Waals surface area contributed by atoms with Crippen molar-refractivity contribution in [2.45, 2.75) is 69.0 Å². The van der Waals surface area contributed by atoms with E-state index in [0.29, 0.717) is 18.1 Å². The van der Waals surface area contributed by atoms with Crippen molar-refractivity contribution >= 4 is 17.7 Å². The third-order valence-corrected chi connectivity index (χ3v) is 4.93. The second kappa shape index (κ2) is 7.79. The molecule has 0 radical (unpaired) electrons. The van der Waals surface area contributed by atoms with E-state index in [1.54, 1.807) is 11.8 Å². The van der Waals surface area contributed by atoms with E-state index in [4.69, 9.17) is 10.5 Å². The molecule has 21 heavy (non-hydrogen) atoms. The number of hydrogen-bond acceptors (Lipinski definition) is 5. The second-order valence-corrected chi connectivity index (χ2v) is 6.85. The molecule has 2 rings (SSSR count). The average molecular weight is 312 g/mol. The van der Waals surface area contributed by atoms with Crippen LogP contribution in [0.4, 0.5) is 0 Å². The van der Waals surface area contributed by atoms with Crippen molar-refractivity contribution in [2.24, 2.45) is 5.73 Å². The number of aromatic nitrogens is 3. The molecule has 2 heterocycles. The SMILES string of the molecule is CCC(C)Sc1nnc(CCC(N)=O)n1CC1CCCO1. The van der Waals surface area contributed by atoms with Gasteiger partial charge in [0, 0.05) is 24.7 Å². The molecule has 6 nitrogen and oxygen atoms in total. The number of nitrogens with two attached hydrogens (primary N) is 1. The molecule has 1 aromatic rings. The Morgan fingerprint density at radius 3 is 3.00 bits per heavy atom. The quantitative estimate of drug-likeness (QED) is 0.740. The predicted molar refractivity (Wildman–Crippen MR) is 82.1 cm³/mol. The van der Waals surface area contributed by atoms with Gasteiger partial charge >= 0.3 is 0 Å². The Hall–Kier alpha value is -1.08. The molecule has 7 heteroatoms. The lowest BCUT2D eigenvalue weighted by atomic mass is 10.2. The third kappa shape index (κ3) is 4.71. The number of carbonyl (C=O) groups is 1. The maximum absolute atomic E-state index is 11.0. The molecule has 0 spiro atoms. The van der Waals surface area contributed by atoms with E-state index >= 15 is 0 Å². The first kappa shape index (κ1) is 16.3. The van der Waals surface area contributed by atoms with Crippen molar-refractivity contribution in [1.29, 1.82) is 0 Å². The Balaban J connectivity index is 2.12. The highest BCUT2D eigenvalue weighted by Crippen LogP contribution is 2.26. The van der Waals surface area contributed by atoms with Gasteiger partial charge in [0.1, 0.15) is 5.82 Å². The van der Waals surface area contributed by atoms with Crippen LogP contribution in [0.5, 0.6) is 0 Å². The first-order valence-corrected chi connectivity index (χ1v) is 8.46. The molecule has 2 N–H and O–H groups in total. The zero-order valence-corrected chi connectivity index (χ0v) is 13.6. The average Bonchev–Trinajstić information content (AvgIpc) is 3.08. The van der Waals surface area contributed by atoms with Crippen molar-refractivity contribution in [3.8, 4) is 0 Å². The molecule has 2 unspecified atom stereocenters. The van der Waals surface area contributed by atoms with E-state index in [0.717, 1.165) is 43.4 Å². The van der Waals surface area contributed by atoms with Gasteiger partial charge in [-0.2, -0.15) is 0 Å². The predicted octanol–water partition coefficient (Wildman–Crippen LogP) is 1.77. The van der Waals surface area contributed by atoms with Crippen molar-refractivity contribution in [3.63, 3.8) is 0 Å². The minimum atomic E-state index is -0.308. The molecule has 1 amide bonds. The molecule has 1 saturated heterocycles. The number of ether oxygens (including phenoxy) is 1. The third-order valence-electron chi connectivity index (χ3n) is 3.68. The van der Waals surface area contributed by atoms with Crippen LogP contribution in [0.3, 0.4) is 0 Å². The van der Waals surface area contributed by atoms with Gasteiger partial charge < -0.3 is 15.0 Å². The Labute approximate surface area is 129 Å². The smallest absolute Gasteiger partial charge is 0.217 e. The minimum absolute atomic E-state index is 0.226. The highest BCUT2D eigenvalue weighted by Gasteiger charge is 2.21. The standard InChI is InChI=1S/C14H24N4O2S/c1-3-10(2)21-14-17-16-13(7-6-12(15)19)18(14)9-11-5-4-8-20-11/h10-11H,3-9H2,1-2H3,(H2,15,19). The number of thioether (sulfide) groups is 1. The van der Waals surface area contributed by atoms with Gasteiger partial charge in [0.25, 0.3) is 0 Å². The van der Waals surface area contributed by atoms with Crippen molar-refractivity contribution < 1.29 is 9.53 Å². The highest BCUT2D eigenvalue weighted by molar-refractivity contribution is 7.99. The number of carbonyl (C=O) groups excluding carboxylic acids is 1. The van der Waals surface area contributed by atoms with Crippen LogP contribution in [0, 0.1) is 0 Å².